The second-order valence-electron chi connectivity index (χ2n) is 3.86. The van der Waals surface area contributed by atoms with Crippen LogP contribution in [0.3, 0.4) is 0 Å². The van der Waals surface area contributed by atoms with Crippen LogP contribution in [0.1, 0.15) is 33.1 Å². The Balaban J connectivity index is 3.82. The highest BCUT2D eigenvalue weighted by atomic mass is 16.5. The predicted molar refractivity (Wildman–Crippen MR) is 61.6 cm³/mol. The third kappa shape index (κ3) is 6.47. The first-order chi connectivity index (χ1) is 7.15. The molecule has 4 nitrogen and oxygen atoms in total. The Labute approximate surface area is 92.6 Å². The first-order valence-electron chi connectivity index (χ1n) is 5.66. The van der Waals surface area contributed by atoms with Gasteiger partial charge in [0, 0.05) is 13.7 Å². The fourth-order valence-corrected chi connectivity index (χ4v) is 1.49. The molecule has 0 radical (unpaired) electrons. The van der Waals surface area contributed by atoms with Gasteiger partial charge in [-0.05, 0) is 32.2 Å². The molecule has 3 N–H and O–H groups in total. The van der Waals surface area contributed by atoms with Crippen LogP contribution in [-0.4, -0.2) is 32.2 Å². The van der Waals surface area contributed by atoms with Crippen molar-refractivity contribution in [2.75, 3.05) is 20.2 Å². The summed E-state index contributed by atoms with van der Waals surface area (Å²) in [4.78, 5) is 11.4. The van der Waals surface area contributed by atoms with Crippen molar-refractivity contribution in [2.24, 2.45) is 11.7 Å². The number of carbonyl (C=O) groups excluding carboxylic acids is 1. The van der Waals surface area contributed by atoms with Gasteiger partial charge in [-0.25, -0.2) is 0 Å². The van der Waals surface area contributed by atoms with Crippen LogP contribution in [0.2, 0.25) is 0 Å². The molecule has 1 amide bonds. The van der Waals surface area contributed by atoms with Crippen molar-refractivity contribution in [3.8, 4) is 0 Å². The monoisotopic (exact) mass is 216 g/mol. The highest BCUT2D eigenvalue weighted by Gasteiger charge is 2.13. The van der Waals surface area contributed by atoms with Gasteiger partial charge in [-0.3, -0.25) is 4.79 Å². The number of nitrogens with one attached hydrogen (secondary N) is 1. The van der Waals surface area contributed by atoms with E-state index in [9.17, 15) is 4.79 Å². The minimum atomic E-state index is -0.370. The molecule has 15 heavy (non-hydrogen) atoms. The largest absolute Gasteiger partial charge is 0.372 e. The third-order valence-electron chi connectivity index (χ3n) is 2.56. The van der Waals surface area contributed by atoms with Crippen molar-refractivity contribution >= 4 is 5.91 Å². The summed E-state index contributed by atoms with van der Waals surface area (Å²) in [6.45, 7) is 5.27. The maximum atomic E-state index is 11.4. The first-order valence-corrected chi connectivity index (χ1v) is 5.66. The highest BCUT2D eigenvalue weighted by Crippen LogP contribution is 2.08. The van der Waals surface area contributed by atoms with Crippen LogP contribution >= 0.6 is 0 Å². The fourth-order valence-electron chi connectivity index (χ4n) is 1.49. The van der Waals surface area contributed by atoms with Crippen molar-refractivity contribution in [3.63, 3.8) is 0 Å². The molecular weight excluding hydrogens is 192 g/mol. The molecule has 90 valence electrons. The van der Waals surface area contributed by atoms with Crippen molar-refractivity contribution in [1.82, 2.24) is 5.32 Å². The summed E-state index contributed by atoms with van der Waals surface area (Å²) < 4.78 is 4.93. The quantitative estimate of drug-likeness (QED) is 0.633. The molecule has 0 aromatic carbocycles. The average Bonchev–Trinajstić information content (AvgIpc) is 2.25. The van der Waals surface area contributed by atoms with Gasteiger partial charge >= 0.3 is 0 Å². The summed E-state index contributed by atoms with van der Waals surface area (Å²) in [5.41, 5.74) is 5.51. The molecule has 0 saturated carbocycles. The zero-order chi connectivity index (χ0) is 11.7. The molecule has 2 atom stereocenters. The smallest absolute Gasteiger partial charge is 0.248 e. The maximum Gasteiger partial charge on any atom is 0.248 e. The number of hydrogen-bond acceptors (Lipinski definition) is 3. The molecule has 0 bridgehead atoms. The topological polar surface area (TPSA) is 64.3 Å². The number of methoxy groups -OCH3 is 1. The summed E-state index contributed by atoms with van der Waals surface area (Å²) in [7, 11) is 1.54. The summed E-state index contributed by atoms with van der Waals surface area (Å²) in [6, 6.07) is 0. The minimum Gasteiger partial charge on any atom is -0.372 e. The SMILES string of the molecule is CCCC(CCN)CNC(=O)C(C)OC. The molecule has 0 rings (SSSR count). The van der Waals surface area contributed by atoms with E-state index in [1.165, 1.54) is 7.11 Å². The second-order valence-corrected chi connectivity index (χ2v) is 3.86. The minimum absolute atomic E-state index is 0.0457. The summed E-state index contributed by atoms with van der Waals surface area (Å²) in [5.74, 6) is 0.448. The molecule has 0 aliphatic heterocycles. The Morgan fingerprint density at radius 2 is 2.13 bits per heavy atom. The summed E-state index contributed by atoms with van der Waals surface area (Å²) in [6.07, 6.45) is 2.83. The average molecular weight is 216 g/mol. The second kappa shape index (κ2) is 8.68. The van der Waals surface area contributed by atoms with Crippen LogP contribution < -0.4 is 11.1 Å². The predicted octanol–water partition coefficient (Wildman–Crippen LogP) is 0.903. The van der Waals surface area contributed by atoms with Crippen molar-refractivity contribution in [3.05, 3.63) is 0 Å². The molecule has 0 aliphatic rings. The van der Waals surface area contributed by atoms with Crippen LogP contribution in [0.25, 0.3) is 0 Å². The van der Waals surface area contributed by atoms with E-state index in [1.807, 2.05) is 0 Å². The number of ether oxygens (including phenoxy) is 1. The van der Waals surface area contributed by atoms with Gasteiger partial charge in [-0.15, -0.1) is 0 Å². The lowest BCUT2D eigenvalue weighted by atomic mass is 10.00. The van der Waals surface area contributed by atoms with E-state index in [0.29, 0.717) is 19.0 Å². The summed E-state index contributed by atoms with van der Waals surface area (Å²) in [5, 5.41) is 2.88. The Morgan fingerprint density at radius 1 is 1.47 bits per heavy atom. The Morgan fingerprint density at radius 3 is 2.60 bits per heavy atom. The van der Waals surface area contributed by atoms with E-state index in [4.69, 9.17) is 10.5 Å². The Bertz CT molecular complexity index is 168. The van der Waals surface area contributed by atoms with Gasteiger partial charge in [0.1, 0.15) is 6.10 Å². The third-order valence-corrected chi connectivity index (χ3v) is 2.56. The fraction of sp³-hybridized carbons (Fsp3) is 0.909. The molecule has 0 spiro atoms. The molecule has 0 saturated heterocycles. The van der Waals surface area contributed by atoms with Crippen molar-refractivity contribution in [2.45, 2.75) is 39.2 Å². The normalized spacial score (nSPS) is 14.7. The molecule has 0 fully saturated rings. The highest BCUT2D eigenvalue weighted by molar-refractivity contribution is 5.80. The summed E-state index contributed by atoms with van der Waals surface area (Å²) >= 11 is 0. The van der Waals surface area contributed by atoms with Crippen molar-refractivity contribution in [1.29, 1.82) is 0 Å². The van der Waals surface area contributed by atoms with E-state index in [2.05, 4.69) is 12.2 Å². The zero-order valence-electron chi connectivity index (χ0n) is 10.1. The first kappa shape index (κ1) is 14.4. The number of nitrogens with two attached hydrogens (primary N) is 1. The number of carbonyl (C=O) groups is 1. The lowest BCUT2D eigenvalue weighted by Gasteiger charge is -2.17. The van der Waals surface area contributed by atoms with Crippen LogP contribution in [0.15, 0.2) is 0 Å². The van der Waals surface area contributed by atoms with Gasteiger partial charge in [0.2, 0.25) is 5.91 Å². The number of amides is 1. The van der Waals surface area contributed by atoms with E-state index >= 15 is 0 Å². The molecule has 0 aliphatic carbocycles. The van der Waals surface area contributed by atoms with Gasteiger partial charge < -0.3 is 15.8 Å². The zero-order valence-corrected chi connectivity index (χ0v) is 10.1. The van der Waals surface area contributed by atoms with Gasteiger partial charge in [0.15, 0.2) is 0 Å². The molecule has 0 aromatic heterocycles. The number of hydrogen-bond donors (Lipinski definition) is 2. The van der Waals surface area contributed by atoms with Gasteiger partial charge in [0.25, 0.3) is 0 Å². The number of rotatable bonds is 8. The van der Waals surface area contributed by atoms with Crippen molar-refractivity contribution < 1.29 is 9.53 Å². The van der Waals surface area contributed by atoms with E-state index in [0.717, 1.165) is 19.3 Å². The van der Waals surface area contributed by atoms with E-state index in [1.54, 1.807) is 6.92 Å². The van der Waals surface area contributed by atoms with E-state index < -0.39 is 0 Å². The maximum absolute atomic E-state index is 11.4. The molecule has 0 aromatic rings. The van der Waals surface area contributed by atoms with Crippen LogP contribution in [0.4, 0.5) is 0 Å². The lowest BCUT2D eigenvalue weighted by Crippen LogP contribution is -2.37. The molecule has 2 unspecified atom stereocenters. The molecular formula is C11H24N2O2. The molecule has 0 heterocycles. The Kier molecular flexibility index (Phi) is 8.33. The standard InChI is InChI=1S/C11H24N2O2/c1-4-5-10(6-7-12)8-13-11(14)9(2)15-3/h9-10H,4-8,12H2,1-3H3,(H,13,14). The molecule has 4 heteroatoms. The van der Waals surface area contributed by atoms with Crippen LogP contribution in [0, 0.1) is 5.92 Å². The van der Waals surface area contributed by atoms with E-state index in [-0.39, 0.29) is 12.0 Å². The van der Waals surface area contributed by atoms with Gasteiger partial charge in [-0.2, -0.15) is 0 Å². The lowest BCUT2D eigenvalue weighted by molar-refractivity contribution is -0.130. The van der Waals surface area contributed by atoms with Gasteiger partial charge in [0.05, 0.1) is 0 Å². The Hall–Kier alpha value is -0.610. The van der Waals surface area contributed by atoms with Crippen LogP contribution in [0.5, 0.6) is 0 Å². The van der Waals surface area contributed by atoms with Crippen LogP contribution in [-0.2, 0) is 9.53 Å². The van der Waals surface area contributed by atoms with Gasteiger partial charge in [-0.1, -0.05) is 13.3 Å².